The second-order valence-corrected chi connectivity index (χ2v) is 4.34. The van der Waals surface area contributed by atoms with Crippen molar-refractivity contribution in [3.63, 3.8) is 0 Å². The fourth-order valence-electron chi connectivity index (χ4n) is 1.85. The molecule has 0 saturated heterocycles. The number of hydrogen-bond acceptors (Lipinski definition) is 3. The highest BCUT2D eigenvalue weighted by Gasteiger charge is 2.18. The van der Waals surface area contributed by atoms with Gasteiger partial charge in [-0.1, -0.05) is 43.7 Å². The zero-order valence-corrected chi connectivity index (χ0v) is 11.1. The average Bonchev–Trinajstić information content (AvgIpc) is 2.39. The molecule has 0 heterocycles. The molecule has 0 aliphatic heterocycles. The third-order valence-corrected chi connectivity index (χ3v) is 2.79. The summed E-state index contributed by atoms with van der Waals surface area (Å²) in [7, 11) is 1.63. The molecule has 2 atom stereocenters. The van der Waals surface area contributed by atoms with Crippen molar-refractivity contribution in [1.82, 2.24) is 5.32 Å². The Bertz CT molecular complexity index is 348. The molecule has 0 spiro atoms. The first-order valence-electron chi connectivity index (χ1n) is 6.28. The summed E-state index contributed by atoms with van der Waals surface area (Å²) in [6, 6.07) is 8.77. The highest BCUT2D eigenvalue weighted by atomic mass is 16.5. The molecule has 3 N–H and O–H groups in total. The van der Waals surface area contributed by atoms with Gasteiger partial charge in [0.15, 0.2) is 0 Å². The van der Waals surface area contributed by atoms with Crippen LogP contribution >= 0.6 is 0 Å². The summed E-state index contributed by atoms with van der Waals surface area (Å²) in [5, 5.41) is 2.93. The van der Waals surface area contributed by atoms with E-state index >= 15 is 0 Å². The number of carbonyl (C=O) groups is 1. The second-order valence-electron chi connectivity index (χ2n) is 4.34. The van der Waals surface area contributed by atoms with Crippen LogP contribution in [0.2, 0.25) is 0 Å². The van der Waals surface area contributed by atoms with E-state index in [1.165, 1.54) is 0 Å². The van der Waals surface area contributed by atoms with Gasteiger partial charge in [0.2, 0.25) is 5.91 Å². The number of hydrogen-bond donors (Lipinski definition) is 2. The minimum absolute atomic E-state index is 0.0299. The monoisotopic (exact) mass is 250 g/mol. The van der Waals surface area contributed by atoms with Gasteiger partial charge >= 0.3 is 0 Å². The predicted octanol–water partition coefficient (Wildman–Crippen LogP) is 1.62. The number of nitrogens with one attached hydrogen (secondary N) is 1. The van der Waals surface area contributed by atoms with E-state index in [1.807, 2.05) is 30.3 Å². The molecule has 4 heteroatoms. The van der Waals surface area contributed by atoms with E-state index in [1.54, 1.807) is 7.11 Å². The van der Waals surface area contributed by atoms with Crippen LogP contribution in [0, 0.1) is 0 Å². The second kappa shape index (κ2) is 7.84. The summed E-state index contributed by atoms with van der Waals surface area (Å²) in [5.74, 6) is -0.156. The number of carbonyl (C=O) groups excluding carboxylic acids is 1. The van der Waals surface area contributed by atoms with Crippen molar-refractivity contribution in [3.05, 3.63) is 35.9 Å². The molecule has 0 fully saturated rings. The van der Waals surface area contributed by atoms with Gasteiger partial charge in [-0.05, 0) is 12.0 Å². The van der Waals surface area contributed by atoms with Crippen LogP contribution in [0.5, 0.6) is 0 Å². The van der Waals surface area contributed by atoms with Gasteiger partial charge in [0.1, 0.15) is 6.04 Å². The Hall–Kier alpha value is -1.39. The highest BCUT2D eigenvalue weighted by molar-refractivity contribution is 5.83. The van der Waals surface area contributed by atoms with Crippen molar-refractivity contribution in [3.8, 4) is 0 Å². The molecular weight excluding hydrogens is 228 g/mol. The Kier molecular flexibility index (Phi) is 6.39. The number of methoxy groups -OCH3 is 1. The Balaban J connectivity index is 2.58. The fourth-order valence-corrected chi connectivity index (χ4v) is 1.85. The molecule has 1 amide bonds. The highest BCUT2D eigenvalue weighted by Crippen LogP contribution is 2.10. The van der Waals surface area contributed by atoms with Crippen LogP contribution in [0.15, 0.2) is 30.3 Å². The summed E-state index contributed by atoms with van der Waals surface area (Å²) < 4.78 is 5.09. The molecule has 1 rings (SSSR count). The molecule has 1 aromatic rings. The topological polar surface area (TPSA) is 64.3 Å². The summed E-state index contributed by atoms with van der Waals surface area (Å²) in [6.45, 7) is 2.59. The quantitative estimate of drug-likeness (QED) is 0.773. The Morgan fingerprint density at radius 3 is 2.61 bits per heavy atom. The van der Waals surface area contributed by atoms with E-state index in [0.29, 0.717) is 6.61 Å². The molecule has 0 aliphatic carbocycles. The van der Waals surface area contributed by atoms with E-state index in [2.05, 4.69) is 12.2 Å². The van der Waals surface area contributed by atoms with Crippen LogP contribution in [-0.2, 0) is 9.53 Å². The third-order valence-electron chi connectivity index (χ3n) is 2.79. The van der Waals surface area contributed by atoms with Crippen molar-refractivity contribution in [2.45, 2.75) is 31.8 Å². The largest absolute Gasteiger partial charge is 0.383 e. The van der Waals surface area contributed by atoms with Crippen LogP contribution in [0.4, 0.5) is 0 Å². The van der Waals surface area contributed by atoms with E-state index in [0.717, 1.165) is 18.4 Å². The Labute approximate surface area is 109 Å². The van der Waals surface area contributed by atoms with Crippen LogP contribution in [0.25, 0.3) is 0 Å². The van der Waals surface area contributed by atoms with Crippen molar-refractivity contribution < 1.29 is 9.53 Å². The van der Waals surface area contributed by atoms with Crippen LogP contribution in [-0.4, -0.2) is 25.7 Å². The Morgan fingerprint density at radius 2 is 2.06 bits per heavy atom. The SMILES string of the molecule is CCCC(COC)NC(=O)C(N)c1ccccc1. The number of ether oxygens (including phenoxy) is 1. The summed E-state index contributed by atoms with van der Waals surface area (Å²) in [6.07, 6.45) is 1.88. The van der Waals surface area contributed by atoms with Gasteiger partial charge < -0.3 is 15.8 Å². The number of amides is 1. The zero-order chi connectivity index (χ0) is 13.4. The van der Waals surface area contributed by atoms with Crippen molar-refractivity contribution in [1.29, 1.82) is 0 Å². The minimum atomic E-state index is -0.623. The maximum atomic E-state index is 12.0. The fraction of sp³-hybridized carbons (Fsp3) is 0.500. The molecule has 100 valence electrons. The van der Waals surface area contributed by atoms with Crippen LogP contribution < -0.4 is 11.1 Å². The van der Waals surface area contributed by atoms with E-state index < -0.39 is 6.04 Å². The smallest absolute Gasteiger partial charge is 0.241 e. The van der Waals surface area contributed by atoms with Crippen molar-refractivity contribution in [2.75, 3.05) is 13.7 Å². The van der Waals surface area contributed by atoms with Crippen molar-refractivity contribution in [2.24, 2.45) is 5.73 Å². The standard InChI is InChI=1S/C14H22N2O2/c1-3-7-12(10-18-2)16-14(17)13(15)11-8-5-4-6-9-11/h4-6,8-9,12-13H,3,7,10,15H2,1-2H3,(H,16,17). The molecule has 1 aromatic carbocycles. The number of benzene rings is 1. The molecule has 18 heavy (non-hydrogen) atoms. The normalized spacial score (nSPS) is 13.9. The summed E-state index contributed by atoms with van der Waals surface area (Å²) in [5.41, 5.74) is 6.75. The lowest BCUT2D eigenvalue weighted by Crippen LogP contribution is -2.42. The number of nitrogens with two attached hydrogens (primary N) is 1. The van der Waals surface area contributed by atoms with Gasteiger partial charge in [-0.2, -0.15) is 0 Å². The Morgan fingerprint density at radius 1 is 1.39 bits per heavy atom. The number of rotatable bonds is 7. The summed E-state index contributed by atoms with van der Waals surface area (Å²) in [4.78, 5) is 12.0. The van der Waals surface area contributed by atoms with Gasteiger partial charge in [0.05, 0.1) is 12.6 Å². The maximum Gasteiger partial charge on any atom is 0.241 e. The summed E-state index contributed by atoms with van der Waals surface area (Å²) >= 11 is 0. The van der Waals surface area contributed by atoms with Gasteiger partial charge in [0, 0.05) is 7.11 Å². The zero-order valence-electron chi connectivity index (χ0n) is 11.1. The lowest BCUT2D eigenvalue weighted by atomic mass is 10.1. The minimum Gasteiger partial charge on any atom is -0.383 e. The van der Waals surface area contributed by atoms with Gasteiger partial charge in [-0.15, -0.1) is 0 Å². The molecule has 4 nitrogen and oxygen atoms in total. The van der Waals surface area contributed by atoms with E-state index in [-0.39, 0.29) is 11.9 Å². The molecular formula is C14H22N2O2. The average molecular weight is 250 g/mol. The lowest BCUT2D eigenvalue weighted by Gasteiger charge is -2.20. The molecule has 2 unspecified atom stereocenters. The maximum absolute atomic E-state index is 12.0. The molecule has 0 radical (unpaired) electrons. The molecule has 0 aliphatic rings. The predicted molar refractivity (Wildman–Crippen MR) is 72.1 cm³/mol. The van der Waals surface area contributed by atoms with Gasteiger partial charge in [-0.3, -0.25) is 4.79 Å². The van der Waals surface area contributed by atoms with E-state index in [4.69, 9.17) is 10.5 Å². The first kappa shape index (κ1) is 14.7. The van der Waals surface area contributed by atoms with Gasteiger partial charge in [-0.25, -0.2) is 0 Å². The van der Waals surface area contributed by atoms with E-state index in [9.17, 15) is 4.79 Å². The first-order valence-corrected chi connectivity index (χ1v) is 6.28. The van der Waals surface area contributed by atoms with Crippen LogP contribution in [0.1, 0.15) is 31.4 Å². The molecule has 0 bridgehead atoms. The van der Waals surface area contributed by atoms with Crippen LogP contribution in [0.3, 0.4) is 0 Å². The molecule has 0 saturated carbocycles. The lowest BCUT2D eigenvalue weighted by molar-refractivity contribution is -0.123. The third kappa shape index (κ3) is 4.47. The van der Waals surface area contributed by atoms with Crippen molar-refractivity contribution >= 4 is 5.91 Å². The first-order chi connectivity index (χ1) is 8.69. The van der Waals surface area contributed by atoms with Gasteiger partial charge in [0.25, 0.3) is 0 Å². The molecule has 0 aromatic heterocycles.